The summed E-state index contributed by atoms with van der Waals surface area (Å²) in [5, 5.41) is 11.2. The van der Waals surface area contributed by atoms with Gasteiger partial charge in [-0.25, -0.2) is 9.36 Å². The number of nitrogens with zero attached hydrogens (tertiary/aromatic N) is 2. The smallest absolute Gasteiger partial charge is 0.335 e. The fourth-order valence-electron chi connectivity index (χ4n) is 2.74. The first-order valence-corrected chi connectivity index (χ1v) is 9.25. The second-order valence-corrected chi connectivity index (χ2v) is 6.45. The first-order chi connectivity index (χ1) is 12.5. The molecule has 0 aliphatic carbocycles. The summed E-state index contributed by atoms with van der Waals surface area (Å²) in [4.78, 5) is 31.3. The van der Waals surface area contributed by atoms with Crippen molar-refractivity contribution in [3.8, 4) is 11.6 Å². The Labute approximate surface area is 157 Å². The van der Waals surface area contributed by atoms with Gasteiger partial charge in [-0.15, -0.1) is 0 Å². The second-order valence-electron chi connectivity index (χ2n) is 6.01. The van der Waals surface area contributed by atoms with E-state index in [0.29, 0.717) is 29.4 Å². The minimum Gasteiger partial charge on any atom is -0.493 e. The van der Waals surface area contributed by atoms with Crippen molar-refractivity contribution in [2.24, 2.45) is 4.99 Å². The molecule has 0 fully saturated rings. The van der Waals surface area contributed by atoms with E-state index in [2.05, 4.69) is 16.9 Å². The Morgan fingerprint density at radius 3 is 2.46 bits per heavy atom. The summed E-state index contributed by atoms with van der Waals surface area (Å²) in [5.41, 5.74) is -0.405. The van der Waals surface area contributed by atoms with Gasteiger partial charge in [-0.3, -0.25) is 14.8 Å². The van der Waals surface area contributed by atoms with E-state index >= 15 is 0 Å². The molecule has 0 aliphatic heterocycles. The third kappa shape index (κ3) is 4.64. The van der Waals surface area contributed by atoms with Crippen molar-refractivity contribution in [3.05, 3.63) is 55.7 Å². The third-order valence-electron chi connectivity index (χ3n) is 4.11. The third-order valence-corrected chi connectivity index (χ3v) is 4.36. The molecule has 0 saturated carbocycles. The van der Waals surface area contributed by atoms with Crippen LogP contribution in [0.2, 0.25) is 5.02 Å². The van der Waals surface area contributed by atoms with Crippen molar-refractivity contribution >= 4 is 17.3 Å². The summed E-state index contributed by atoms with van der Waals surface area (Å²) < 4.78 is 1.05. The van der Waals surface area contributed by atoms with Crippen LogP contribution in [0.1, 0.15) is 51.5 Å². The molecule has 0 radical (unpaired) electrons. The molecule has 0 atom stereocenters. The highest BCUT2D eigenvalue weighted by atomic mass is 35.5. The van der Waals surface area contributed by atoms with Gasteiger partial charge in [0.05, 0.1) is 11.4 Å². The Balaban J connectivity index is 2.46. The summed E-state index contributed by atoms with van der Waals surface area (Å²) in [5.74, 6) is -0.407. The molecule has 26 heavy (non-hydrogen) atoms. The number of aromatic nitrogens is 2. The first-order valence-electron chi connectivity index (χ1n) is 8.87. The zero-order valence-corrected chi connectivity index (χ0v) is 15.8. The quantitative estimate of drug-likeness (QED) is 0.543. The maximum atomic E-state index is 12.3. The second kappa shape index (κ2) is 9.38. The molecule has 1 aromatic carbocycles. The molecule has 7 heteroatoms. The summed E-state index contributed by atoms with van der Waals surface area (Å²) in [7, 11) is 0. The first kappa shape index (κ1) is 20.0. The van der Waals surface area contributed by atoms with Gasteiger partial charge in [-0.1, -0.05) is 44.7 Å². The van der Waals surface area contributed by atoms with Crippen molar-refractivity contribution in [1.82, 2.24) is 9.55 Å². The van der Waals surface area contributed by atoms with Gasteiger partial charge in [0.1, 0.15) is 5.56 Å². The van der Waals surface area contributed by atoms with E-state index in [9.17, 15) is 14.7 Å². The number of hydrogen-bond acceptors (Lipinski definition) is 4. The lowest BCUT2D eigenvalue weighted by Gasteiger charge is -2.12. The number of unbranched alkanes of at least 4 members (excludes halogenated alkanes) is 3. The minimum atomic E-state index is -0.711. The monoisotopic (exact) mass is 377 g/mol. The highest BCUT2D eigenvalue weighted by Gasteiger charge is 2.19. The van der Waals surface area contributed by atoms with Crippen LogP contribution in [0, 0.1) is 0 Å². The molecule has 1 aromatic heterocycles. The van der Waals surface area contributed by atoms with Crippen molar-refractivity contribution in [1.29, 1.82) is 0 Å². The lowest BCUT2D eigenvalue weighted by molar-refractivity contribution is 0.429. The van der Waals surface area contributed by atoms with Crippen LogP contribution < -0.4 is 11.2 Å². The number of benzene rings is 1. The molecule has 2 aromatic rings. The Hall–Kier alpha value is -2.34. The average Bonchev–Trinajstić information content (AvgIpc) is 2.61. The molecule has 1 heterocycles. The molecule has 0 spiro atoms. The van der Waals surface area contributed by atoms with Gasteiger partial charge in [0.25, 0.3) is 5.56 Å². The number of aliphatic imine (C=N–C) groups is 1. The number of H-pyrrole nitrogens is 1. The number of hydrogen-bond donors (Lipinski definition) is 2. The zero-order chi connectivity index (χ0) is 19.1. The van der Waals surface area contributed by atoms with Crippen molar-refractivity contribution in [3.63, 3.8) is 0 Å². The summed E-state index contributed by atoms with van der Waals surface area (Å²) in [6, 6.07) is 6.41. The topological polar surface area (TPSA) is 87.4 Å². The number of halogens is 1. The molecule has 0 bridgehead atoms. The number of aromatic hydroxyl groups is 1. The van der Waals surface area contributed by atoms with Crippen LogP contribution in [0.5, 0.6) is 5.88 Å². The highest BCUT2D eigenvalue weighted by molar-refractivity contribution is 6.30. The van der Waals surface area contributed by atoms with E-state index in [-0.39, 0.29) is 5.56 Å². The molecule has 2 rings (SSSR count). The van der Waals surface area contributed by atoms with Crippen LogP contribution in [0.15, 0.2) is 38.8 Å². The molecule has 140 valence electrons. The highest BCUT2D eigenvalue weighted by Crippen LogP contribution is 2.20. The lowest BCUT2D eigenvalue weighted by Crippen LogP contribution is -2.33. The van der Waals surface area contributed by atoms with Gasteiger partial charge in [0, 0.05) is 11.6 Å². The molecule has 0 saturated heterocycles. The van der Waals surface area contributed by atoms with Crippen LogP contribution in [0.3, 0.4) is 0 Å². The largest absolute Gasteiger partial charge is 0.493 e. The molecular weight excluding hydrogens is 354 g/mol. The average molecular weight is 378 g/mol. The van der Waals surface area contributed by atoms with Gasteiger partial charge in [0.15, 0.2) is 0 Å². The van der Waals surface area contributed by atoms with Crippen LogP contribution >= 0.6 is 11.6 Å². The number of nitrogens with one attached hydrogen (secondary N) is 1. The minimum absolute atomic E-state index is 0.0394. The SMILES string of the molecule is CCCCCCN=C(CC)c1c(O)n(-c2ccc(Cl)cc2)c(=O)[nH]c1=O. The van der Waals surface area contributed by atoms with E-state index in [1.165, 1.54) is 0 Å². The molecule has 0 amide bonds. The fraction of sp³-hybridized carbons (Fsp3) is 0.421. The van der Waals surface area contributed by atoms with Gasteiger partial charge in [0.2, 0.25) is 5.88 Å². The van der Waals surface area contributed by atoms with Gasteiger partial charge in [-0.2, -0.15) is 0 Å². The van der Waals surface area contributed by atoms with Gasteiger partial charge in [-0.05, 0) is 37.1 Å². The van der Waals surface area contributed by atoms with Gasteiger partial charge >= 0.3 is 5.69 Å². The van der Waals surface area contributed by atoms with Crippen molar-refractivity contribution in [2.75, 3.05) is 6.54 Å². The summed E-state index contributed by atoms with van der Waals surface area (Å²) in [6.07, 6.45) is 4.75. The standard InChI is InChI=1S/C19H24ClN3O3/c1-3-5-6-7-12-21-15(4-2)16-17(24)22-19(26)23(18(16)25)14-10-8-13(20)9-11-14/h8-11,25H,3-7,12H2,1-2H3,(H,22,24,26). The molecule has 0 unspecified atom stereocenters. The molecule has 6 nitrogen and oxygen atoms in total. The summed E-state index contributed by atoms with van der Waals surface area (Å²) >= 11 is 5.87. The van der Waals surface area contributed by atoms with Crippen LogP contribution in [-0.2, 0) is 0 Å². The predicted molar refractivity (Wildman–Crippen MR) is 105 cm³/mol. The maximum absolute atomic E-state index is 12.3. The van der Waals surface area contributed by atoms with E-state index in [1.807, 2.05) is 6.92 Å². The maximum Gasteiger partial charge on any atom is 0.335 e. The normalized spacial score (nSPS) is 11.7. The predicted octanol–water partition coefficient (Wildman–Crippen LogP) is 3.66. The number of aromatic amines is 1. The number of rotatable bonds is 8. The summed E-state index contributed by atoms with van der Waals surface area (Å²) in [6.45, 7) is 4.59. The zero-order valence-electron chi connectivity index (χ0n) is 15.1. The Kier molecular flexibility index (Phi) is 7.21. The van der Waals surface area contributed by atoms with Crippen LogP contribution in [0.25, 0.3) is 5.69 Å². The van der Waals surface area contributed by atoms with E-state index in [4.69, 9.17) is 11.6 Å². The fourth-order valence-corrected chi connectivity index (χ4v) is 2.86. The Bertz CT molecular complexity index is 882. The molecular formula is C19H24ClN3O3. The van der Waals surface area contributed by atoms with Gasteiger partial charge < -0.3 is 5.11 Å². The molecule has 0 aliphatic rings. The van der Waals surface area contributed by atoms with Crippen LogP contribution in [0.4, 0.5) is 0 Å². The Morgan fingerprint density at radius 2 is 1.85 bits per heavy atom. The van der Waals surface area contributed by atoms with E-state index in [1.54, 1.807) is 24.3 Å². The van der Waals surface area contributed by atoms with Crippen molar-refractivity contribution in [2.45, 2.75) is 46.0 Å². The van der Waals surface area contributed by atoms with Crippen molar-refractivity contribution < 1.29 is 5.11 Å². The lowest BCUT2D eigenvalue weighted by atomic mass is 10.1. The van der Waals surface area contributed by atoms with Crippen LogP contribution in [-0.4, -0.2) is 26.9 Å². The van der Waals surface area contributed by atoms with E-state index in [0.717, 1.165) is 30.3 Å². The molecule has 2 N–H and O–H groups in total. The Morgan fingerprint density at radius 1 is 1.15 bits per heavy atom. The van der Waals surface area contributed by atoms with E-state index < -0.39 is 17.1 Å².